The Bertz CT molecular complexity index is 1240. The minimum absolute atomic E-state index is 0.165. The maximum atomic E-state index is 13.2. The van der Waals surface area contributed by atoms with Crippen LogP contribution in [0, 0.1) is 11.3 Å². The first kappa shape index (κ1) is 23.0. The van der Waals surface area contributed by atoms with E-state index >= 15 is 0 Å². The summed E-state index contributed by atoms with van der Waals surface area (Å²) in [5.74, 6) is -0.832. The average Bonchev–Trinajstić information content (AvgIpc) is 2.87. The van der Waals surface area contributed by atoms with Crippen LogP contribution < -0.4 is 9.47 Å². The van der Waals surface area contributed by atoms with E-state index in [2.05, 4.69) is 4.74 Å². The molecule has 3 aromatic carbocycles. The number of hydrogen-bond donors (Lipinski definition) is 0. The smallest absolute Gasteiger partial charge is 0.348 e. The number of nitrogens with zero attached hydrogens (tertiary/aromatic N) is 1. The molecule has 0 aromatic heterocycles. The molecule has 0 atom stereocenters. The fourth-order valence-corrected chi connectivity index (χ4v) is 3.02. The zero-order valence-electron chi connectivity index (χ0n) is 18.1. The molecular weight excluding hydrogens is 418 g/mol. The van der Waals surface area contributed by atoms with Crippen LogP contribution in [0.4, 0.5) is 0 Å². The van der Waals surface area contributed by atoms with Gasteiger partial charge in [-0.25, -0.2) is 9.59 Å². The van der Waals surface area contributed by atoms with Gasteiger partial charge >= 0.3 is 11.9 Å². The number of methoxy groups -OCH3 is 2. The molecule has 0 fully saturated rings. The van der Waals surface area contributed by atoms with E-state index in [1.807, 2.05) is 60.7 Å². The molecule has 164 valence electrons. The van der Waals surface area contributed by atoms with Crippen molar-refractivity contribution < 1.29 is 23.8 Å². The lowest BCUT2D eigenvalue weighted by molar-refractivity contribution is -0.135. The van der Waals surface area contributed by atoms with Gasteiger partial charge in [0.05, 0.1) is 19.8 Å². The number of rotatable bonds is 7. The maximum Gasteiger partial charge on any atom is 0.348 e. The third-order valence-corrected chi connectivity index (χ3v) is 4.64. The van der Waals surface area contributed by atoms with Gasteiger partial charge in [-0.15, -0.1) is 0 Å². The summed E-state index contributed by atoms with van der Waals surface area (Å²) in [5, 5.41) is 9.15. The van der Waals surface area contributed by atoms with Crippen LogP contribution in [-0.4, -0.2) is 26.2 Å². The van der Waals surface area contributed by atoms with Crippen molar-refractivity contribution in [1.82, 2.24) is 0 Å². The molecule has 0 bridgehead atoms. The highest BCUT2D eigenvalue weighted by molar-refractivity contribution is 6.22. The Kier molecular flexibility index (Phi) is 7.76. The van der Waals surface area contributed by atoms with Crippen LogP contribution in [0.2, 0.25) is 0 Å². The van der Waals surface area contributed by atoms with Crippen LogP contribution in [0.25, 0.3) is 17.7 Å². The second-order valence-corrected chi connectivity index (χ2v) is 6.80. The SMILES string of the molecule is COC(=O)C(C#N)=Cc1ccc(OC(=O)C(=Cc2ccccc2)c2ccccc2)c(OC)c1. The molecule has 3 rings (SSSR count). The van der Waals surface area contributed by atoms with E-state index in [4.69, 9.17) is 14.7 Å². The lowest BCUT2D eigenvalue weighted by Crippen LogP contribution is -2.11. The molecule has 3 aromatic rings. The van der Waals surface area contributed by atoms with E-state index in [-0.39, 0.29) is 17.1 Å². The highest BCUT2D eigenvalue weighted by Crippen LogP contribution is 2.31. The Morgan fingerprint density at radius 1 is 0.788 bits per heavy atom. The van der Waals surface area contributed by atoms with Crippen molar-refractivity contribution in [3.63, 3.8) is 0 Å². The molecule has 0 spiro atoms. The molecule has 0 amide bonds. The Hall–Kier alpha value is -4.63. The summed E-state index contributed by atoms with van der Waals surface area (Å²) < 4.78 is 15.6. The number of hydrogen-bond acceptors (Lipinski definition) is 6. The van der Waals surface area contributed by atoms with Gasteiger partial charge in [0.1, 0.15) is 11.6 Å². The minimum Gasteiger partial charge on any atom is -0.493 e. The Morgan fingerprint density at radius 3 is 2.06 bits per heavy atom. The van der Waals surface area contributed by atoms with Gasteiger partial charge in [-0.1, -0.05) is 66.7 Å². The molecule has 0 saturated heterocycles. The van der Waals surface area contributed by atoms with Gasteiger partial charge < -0.3 is 14.2 Å². The fourth-order valence-electron chi connectivity index (χ4n) is 3.02. The topological polar surface area (TPSA) is 85.6 Å². The van der Waals surface area contributed by atoms with E-state index in [1.54, 1.807) is 30.3 Å². The maximum absolute atomic E-state index is 13.2. The zero-order valence-corrected chi connectivity index (χ0v) is 18.1. The van der Waals surface area contributed by atoms with Crippen LogP contribution >= 0.6 is 0 Å². The molecule has 6 nitrogen and oxygen atoms in total. The summed E-state index contributed by atoms with van der Waals surface area (Å²) in [6.45, 7) is 0. The van der Waals surface area contributed by atoms with Gasteiger partial charge in [0, 0.05) is 0 Å². The molecule has 33 heavy (non-hydrogen) atoms. The molecule has 6 heteroatoms. The molecule has 0 unspecified atom stereocenters. The lowest BCUT2D eigenvalue weighted by atomic mass is 10.0. The van der Waals surface area contributed by atoms with Crippen LogP contribution in [0.1, 0.15) is 16.7 Å². The van der Waals surface area contributed by atoms with E-state index in [9.17, 15) is 9.59 Å². The summed E-state index contributed by atoms with van der Waals surface area (Å²) in [6.07, 6.45) is 3.13. The Balaban J connectivity index is 1.94. The van der Waals surface area contributed by atoms with E-state index < -0.39 is 11.9 Å². The number of nitriles is 1. The normalized spacial score (nSPS) is 11.3. The van der Waals surface area contributed by atoms with Crippen molar-refractivity contribution in [2.45, 2.75) is 0 Å². The molecule has 0 aliphatic carbocycles. The van der Waals surface area contributed by atoms with Crippen LogP contribution in [0.5, 0.6) is 11.5 Å². The second kappa shape index (κ2) is 11.1. The zero-order chi connectivity index (χ0) is 23.6. The van der Waals surface area contributed by atoms with Gasteiger partial charge in [0.25, 0.3) is 0 Å². The van der Waals surface area contributed by atoms with Gasteiger partial charge in [-0.05, 0) is 41.0 Å². The molecular formula is C27H21NO5. The average molecular weight is 439 g/mol. The number of esters is 2. The highest BCUT2D eigenvalue weighted by atomic mass is 16.6. The summed E-state index contributed by atoms with van der Waals surface area (Å²) >= 11 is 0. The van der Waals surface area contributed by atoms with Gasteiger partial charge in [-0.2, -0.15) is 5.26 Å². The van der Waals surface area contributed by atoms with Crippen LogP contribution in [0.15, 0.2) is 84.4 Å². The number of benzene rings is 3. The summed E-state index contributed by atoms with van der Waals surface area (Å²) in [6, 6.07) is 25.2. The molecule has 0 N–H and O–H groups in total. The second-order valence-electron chi connectivity index (χ2n) is 6.80. The monoisotopic (exact) mass is 439 g/mol. The number of ether oxygens (including phenoxy) is 3. The van der Waals surface area contributed by atoms with Crippen LogP contribution in [0.3, 0.4) is 0 Å². The van der Waals surface area contributed by atoms with E-state index in [0.717, 1.165) is 5.56 Å². The summed E-state index contributed by atoms with van der Waals surface area (Å²) in [7, 11) is 2.63. The fraction of sp³-hybridized carbons (Fsp3) is 0.0741. The predicted molar refractivity (Wildman–Crippen MR) is 125 cm³/mol. The largest absolute Gasteiger partial charge is 0.493 e. The summed E-state index contributed by atoms with van der Waals surface area (Å²) in [5.41, 5.74) is 2.29. The van der Waals surface area contributed by atoms with Crippen molar-refractivity contribution in [3.8, 4) is 17.6 Å². The quantitative estimate of drug-likeness (QED) is 0.171. The first-order chi connectivity index (χ1) is 16.0. The van der Waals surface area contributed by atoms with Crippen molar-refractivity contribution >= 4 is 29.7 Å². The molecule has 0 radical (unpaired) electrons. The van der Waals surface area contributed by atoms with Crippen LogP contribution in [-0.2, 0) is 14.3 Å². The first-order valence-corrected chi connectivity index (χ1v) is 9.98. The van der Waals surface area contributed by atoms with Crippen molar-refractivity contribution in [2.24, 2.45) is 0 Å². The summed E-state index contributed by atoms with van der Waals surface area (Å²) in [4.78, 5) is 24.8. The Morgan fingerprint density at radius 2 is 1.45 bits per heavy atom. The van der Waals surface area contributed by atoms with Crippen molar-refractivity contribution in [2.75, 3.05) is 14.2 Å². The predicted octanol–water partition coefficient (Wildman–Crippen LogP) is 4.92. The van der Waals surface area contributed by atoms with E-state index in [0.29, 0.717) is 16.7 Å². The number of carbonyl (C=O) groups is 2. The van der Waals surface area contributed by atoms with Crippen molar-refractivity contribution in [3.05, 3.63) is 101 Å². The Labute approximate surface area is 192 Å². The molecule has 0 aliphatic rings. The standard InChI is InChI=1S/C27H21NO5/c1-31-25-17-20(15-22(18-28)26(29)32-2)13-14-24(25)33-27(30)23(21-11-7-4-8-12-21)16-19-9-5-3-6-10-19/h3-17H,1-2H3. The third-order valence-electron chi connectivity index (χ3n) is 4.64. The molecule has 0 heterocycles. The van der Waals surface area contributed by atoms with E-state index in [1.165, 1.54) is 20.3 Å². The molecule has 0 saturated carbocycles. The molecule has 0 aliphatic heterocycles. The third kappa shape index (κ3) is 5.96. The van der Waals surface area contributed by atoms with Gasteiger partial charge in [0.15, 0.2) is 11.5 Å². The van der Waals surface area contributed by atoms with Gasteiger partial charge in [0.2, 0.25) is 0 Å². The first-order valence-electron chi connectivity index (χ1n) is 9.98. The lowest BCUT2D eigenvalue weighted by Gasteiger charge is -2.12. The number of carbonyl (C=O) groups excluding carboxylic acids is 2. The van der Waals surface area contributed by atoms with Gasteiger partial charge in [-0.3, -0.25) is 0 Å². The minimum atomic E-state index is -0.745. The highest BCUT2D eigenvalue weighted by Gasteiger charge is 2.18. The van der Waals surface area contributed by atoms with Crippen molar-refractivity contribution in [1.29, 1.82) is 5.26 Å².